The third-order valence-electron chi connectivity index (χ3n) is 2.53. The highest BCUT2D eigenvalue weighted by Gasteiger charge is 2.30. The zero-order valence-corrected chi connectivity index (χ0v) is 13.8. The summed E-state index contributed by atoms with van der Waals surface area (Å²) in [5.41, 5.74) is 0. The summed E-state index contributed by atoms with van der Waals surface area (Å²) in [6.45, 7) is 3.41. The Bertz CT molecular complexity index is 641. The summed E-state index contributed by atoms with van der Waals surface area (Å²) in [5, 5.41) is 9.77. The maximum atomic E-state index is 12.5. The van der Waals surface area contributed by atoms with Crippen LogP contribution in [0.15, 0.2) is 35.2 Å². The number of amides is 1. The smallest absolute Gasteiger partial charge is 0.245 e. The van der Waals surface area contributed by atoms with E-state index in [9.17, 15) is 23.0 Å². The predicted molar refractivity (Wildman–Crippen MR) is 79.0 cm³/mol. The molecule has 1 aromatic rings. The van der Waals surface area contributed by atoms with Crippen molar-refractivity contribution in [3.8, 4) is 0 Å². The molecule has 9 heteroatoms. The van der Waals surface area contributed by atoms with Crippen molar-refractivity contribution in [2.45, 2.75) is 11.8 Å². The van der Waals surface area contributed by atoms with Crippen LogP contribution in [-0.4, -0.2) is 55.2 Å². The average Bonchev–Trinajstić information content (AvgIpc) is 2.37. The Balaban J connectivity index is 3.17. The topological polar surface area (TPSA) is 95.0 Å². The molecule has 0 heterocycles. The summed E-state index contributed by atoms with van der Waals surface area (Å²) >= 11 is 0. The Morgan fingerprint density at radius 3 is 2.19 bits per heavy atom. The first-order valence-corrected chi connectivity index (χ1v) is 10.3. The lowest BCUT2D eigenvalue weighted by Gasteiger charge is -2.26. The van der Waals surface area contributed by atoms with Crippen LogP contribution in [0.5, 0.6) is 0 Å². The monoisotopic (exact) mass is 334 g/mol. The Morgan fingerprint density at radius 1 is 1.24 bits per heavy atom. The van der Waals surface area contributed by atoms with Crippen LogP contribution in [0.25, 0.3) is 0 Å². The molecule has 1 rings (SSSR count). The van der Waals surface area contributed by atoms with Gasteiger partial charge in [0.15, 0.2) is 0 Å². The molecule has 1 N–H and O–H groups in total. The number of benzene rings is 1. The van der Waals surface area contributed by atoms with Crippen LogP contribution in [0.4, 0.5) is 0 Å². The van der Waals surface area contributed by atoms with Gasteiger partial charge in [0.2, 0.25) is 15.9 Å². The molecule has 0 aliphatic carbocycles. The first-order chi connectivity index (χ1) is 9.54. The van der Waals surface area contributed by atoms with E-state index in [1.165, 1.54) is 25.5 Å². The van der Waals surface area contributed by atoms with Gasteiger partial charge in [-0.2, -0.15) is 4.31 Å². The standard InChI is InChI=1S/C12H19N2O5PS/c1-11(15)14(16)9-13(10-20(2,3)17)21(18,19)12-7-5-4-6-8-12/h4-8,16H,9-10H2,1-3H3. The molecule has 0 bridgehead atoms. The quantitative estimate of drug-likeness (QED) is 0.368. The van der Waals surface area contributed by atoms with E-state index in [1.807, 2.05) is 0 Å². The SMILES string of the molecule is CC(=O)N(O)CN(CP(C)(C)=O)S(=O)(=O)c1ccccc1. The highest BCUT2D eigenvalue weighted by atomic mass is 32.2. The van der Waals surface area contributed by atoms with Gasteiger partial charge >= 0.3 is 0 Å². The van der Waals surface area contributed by atoms with Crippen LogP contribution < -0.4 is 0 Å². The summed E-state index contributed by atoms with van der Waals surface area (Å²) < 4.78 is 37.8. The molecular weight excluding hydrogens is 315 g/mol. The Labute approximate surface area is 124 Å². The second-order valence-corrected chi connectivity index (χ2v) is 10.4. The minimum absolute atomic E-state index is 0.00963. The largest absolute Gasteiger partial charge is 0.323 e. The third kappa shape index (κ3) is 5.24. The van der Waals surface area contributed by atoms with Crippen molar-refractivity contribution in [2.24, 2.45) is 0 Å². The molecule has 0 atom stereocenters. The van der Waals surface area contributed by atoms with E-state index >= 15 is 0 Å². The van der Waals surface area contributed by atoms with Crippen LogP contribution in [0.3, 0.4) is 0 Å². The van der Waals surface area contributed by atoms with Crippen molar-refractivity contribution >= 4 is 23.1 Å². The van der Waals surface area contributed by atoms with Crippen molar-refractivity contribution in [1.29, 1.82) is 0 Å². The molecule has 7 nitrogen and oxygen atoms in total. The number of nitrogens with zero attached hydrogens (tertiary/aromatic N) is 2. The normalized spacial score (nSPS) is 12.4. The maximum absolute atomic E-state index is 12.5. The number of carbonyl (C=O) groups excluding carboxylic acids is 1. The van der Waals surface area contributed by atoms with Crippen LogP contribution in [0, 0.1) is 0 Å². The first-order valence-electron chi connectivity index (χ1n) is 6.10. The maximum Gasteiger partial charge on any atom is 0.245 e. The summed E-state index contributed by atoms with van der Waals surface area (Å²) in [6.07, 6.45) is -0.269. The minimum atomic E-state index is -3.96. The van der Waals surface area contributed by atoms with Crippen LogP contribution in [-0.2, 0) is 19.4 Å². The van der Waals surface area contributed by atoms with E-state index in [2.05, 4.69) is 0 Å². The van der Waals surface area contributed by atoms with Crippen molar-refractivity contribution in [2.75, 3.05) is 26.3 Å². The summed E-state index contributed by atoms with van der Waals surface area (Å²) in [7, 11) is -6.68. The summed E-state index contributed by atoms with van der Waals surface area (Å²) in [6, 6.07) is 7.58. The lowest BCUT2D eigenvalue weighted by molar-refractivity contribution is -0.167. The zero-order chi connectivity index (χ0) is 16.3. The molecular formula is C12H19N2O5PS. The van der Waals surface area contributed by atoms with Gasteiger partial charge in [-0.1, -0.05) is 18.2 Å². The van der Waals surface area contributed by atoms with E-state index in [-0.39, 0.29) is 16.2 Å². The molecule has 0 saturated heterocycles. The fourth-order valence-corrected chi connectivity index (χ4v) is 4.92. The van der Waals surface area contributed by atoms with Crippen molar-refractivity contribution in [1.82, 2.24) is 9.37 Å². The first kappa shape index (κ1) is 17.8. The number of sulfonamides is 1. The van der Waals surface area contributed by atoms with E-state index in [0.717, 1.165) is 11.2 Å². The summed E-state index contributed by atoms with van der Waals surface area (Å²) in [5.74, 6) is -0.703. The van der Waals surface area contributed by atoms with Gasteiger partial charge in [-0.15, -0.1) is 0 Å². The van der Waals surface area contributed by atoms with Crippen molar-refractivity contribution in [3.05, 3.63) is 30.3 Å². The second-order valence-electron chi connectivity index (χ2n) is 5.05. The lowest BCUT2D eigenvalue weighted by atomic mass is 10.4. The van der Waals surface area contributed by atoms with Gasteiger partial charge < -0.3 is 4.57 Å². The van der Waals surface area contributed by atoms with Gasteiger partial charge in [-0.3, -0.25) is 10.0 Å². The van der Waals surface area contributed by atoms with Gasteiger partial charge in [0, 0.05) is 6.92 Å². The molecule has 0 aliphatic heterocycles. The molecule has 0 saturated carbocycles. The lowest BCUT2D eigenvalue weighted by Crippen LogP contribution is -2.42. The van der Waals surface area contributed by atoms with Gasteiger partial charge in [-0.05, 0) is 25.5 Å². The molecule has 0 spiro atoms. The fourth-order valence-electron chi connectivity index (χ4n) is 1.57. The predicted octanol–water partition coefficient (Wildman–Crippen LogP) is 1.45. The highest BCUT2D eigenvalue weighted by Crippen LogP contribution is 2.38. The van der Waals surface area contributed by atoms with Crippen LogP contribution in [0.2, 0.25) is 0 Å². The van der Waals surface area contributed by atoms with Crippen LogP contribution in [0.1, 0.15) is 6.92 Å². The molecule has 0 aliphatic rings. The van der Waals surface area contributed by atoms with E-state index in [4.69, 9.17) is 0 Å². The summed E-state index contributed by atoms with van der Waals surface area (Å²) in [4.78, 5) is 11.1. The zero-order valence-electron chi connectivity index (χ0n) is 12.1. The van der Waals surface area contributed by atoms with Crippen molar-refractivity contribution < 1.29 is 23.0 Å². The number of hydroxylamine groups is 2. The molecule has 0 aromatic heterocycles. The number of hydrogen-bond donors (Lipinski definition) is 1. The van der Waals surface area contributed by atoms with E-state index in [0.29, 0.717) is 0 Å². The van der Waals surface area contributed by atoms with Gasteiger partial charge in [0.25, 0.3) is 0 Å². The highest BCUT2D eigenvalue weighted by molar-refractivity contribution is 7.89. The third-order valence-corrected chi connectivity index (χ3v) is 5.54. The average molecular weight is 334 g/mol. The van der Waals surface area contributed by atoms with Crippen LogP contribution >= 0.6 is 7.14 Å². The minimum Gasteiger partial charge on any atom is -0.323 e. The Kier molecular flexibility index (Phi) is 5.69. The second kappa shape index (κ2) is 6.70. The van der Waals surface area contributed by atoms with Gasteiger partial charge in [0.1, 0.15) is 6.67 Å². The molecule has 1 aromatic carbocycles. The molecule has 21 heavy (non-hydrogen) atoms. The molecule has 0 unspecified atom stereocenters. The Morgan fingerprint density at radius 2 is 1.76 bits per heavy atom. The Hall–Kier alpha value is -1.21. The molecule has 0 radical (unpaired) electrons. The van der Waals surface area contributed by atoms with E-state index in [1.54, 1.807) is 18.2 Å². The van der Waals surface area contributed by atoms with Crippen molar-refractivity contribution in [3.63, 3.8) is 0 Å². The number of hydrogen-bond acceptors (Lipinski definition) is 5. The molecule has 1 amide bonds. The molecule has 118 valence electrons. The van der Waals surface area contributed by atoms with E-state index < -0.39 is 29.7 Å². The molecule has 0 fully saturated rings. The fraction of sp³-hybridized carbons (Fsp3) is 0.417. The number of carbonyl (C=O) groups is 1. The number of rotatable bonds is 6. The van der Waals surface area contributed by atoms with Gasteiger partial charge in [0.05, 0.1) is 18.3 Å². The van der Waals surface area contributed by atoms with Gasteiger partial charge in [-0.25, -0.2) is 13.5 Å².